The third-order valence-corrected chi connectivity index (χ3v) is 2.89. The fourth-order valence-corrected chi connectivity index (χ4v) is 2.08. The fourth-order valence-electron chi connectivity index (χ4n) is 1.42. The van der Waals surface area contributed by atoms with E-state index in [2.05, 4.69) is 0 Å². The topological polar surface area (TPSA) is 26.3 Å². The highest BCUT2D eigenvalue weighted by atomic mass is 32.2. The maximum atomic E-state index is 12.4. The second kappa shape index (κ2) is 6.13. The summed E-state index contributed by atoms with van der Waals surface area (Å²) >= 11 is -0.268. The monoisotopic (exact) mass is 278 g/mol. The smallest absolute Gasteiger partial charge is 0.446 e. The van der Waals surface area contributed by atoms with E-state index in [-0.39, 0.29) is 46.8 Å². The minimum absolute atomic E-state index is 0.0224. The van der Waals surface area contributed by atoms with Crippen molar-refractivity contribution < 1.29 is 22.7 Å². The lowest BCUT2D eigenvalue weighted by atomic mass is 10.1. The average Bonchev–Trinajstić information content (AvgIpc) is 2.28. The normalized spacial score (nSPS) is 11.4. The Hall–Kier alpha value is -1.17. The molecule has 1 rings (SSSR count). The van der Waals surface area contributed by atoms with Gasteiger partial charge in [0.15, 0.2) is 5.78 Å². The average molecular weight is 278 g/mol. The molecule has 0 unspecified atom stereocenters. The van der Waals surface area contributed by atoms with Crippen molar-refractivity contribution in [2.45, 2.75) is 30.7 Å². The Morgan fingerprint density at radius 3 is 2.50 bits per heavy atom. The van der Waals surface area contributed by atoms with Gasteiger partial charge in [-0.1, -0.05) is 13.0 Å². The van der Waals surface area contributed by atoms with Gasteiger partial charge in [0.2, 0.25) is 0 Å². The number of ketones is 1. The molecular weight excluding hydrogens is 265 g/mol. The summed E-state index contributed by atoms with van der Waals surface area (Å²) in [7, 11) is 0. The molecule has 0 saturated carbocycles. The van der Waals surface area contributed by atoms with Crippen LogP contribution in [0, 0.1) is 0 Å². The number of benzene rings is 1. The van der Waals surface area contributed by atoms with E-state index in [1.54, 1.807) is 13.8 Å². The third kappa shape index (κ3) is 3.94. The highest BCUT2D eigenvalue weighted by Gasteiger charge is 2.31. The van der Waals surface area contributed by atoms with Crippen LogP contribution in [0.5, 0.6) is 5.75 Å². The van der Waals surface area contributed by atoms with Gasteiger partial charge in [-0.3, -0.25) is 4.79 Å². The minimum Gasteiger partial charge on any atom is -0.492 e. The summed E-state index contributed by atoms with van der Waals surface area (Å²) in [6.07, 6.45) is 0.222. The molecular formula is C12H13F3O2S. The number of halogens is 3. The van der Waals surface area contributed by atoms with Crippen LogP contribution in [0.2, 0.25) is 0 Å². The van der Waals surface area contributed by atoms with Crippen LogP contribution in [0.25, 0.3) is 0 Å². The van der Waals surface area contributed by atoms with Gasteiger partial charge in [0, 0.05) is 6.42 Å². The Labute approximate surface area is 108 Å². The molecule has 0 amide bonds. The number of hydrogen-bond donors (Lipinski definition) is 0. The highest BCUT2D eigenvalue weighted by Crippen LogP contribution is 2.42. The molecule has 6 heteroatoms. The van der Waals surface area contributed by atoms with Crippen molar-refractivity contribution in [1.29, 1.82) is 0 Å². The summed E-state index contributed by atoms with van der Waals surface area (Å²) < 4.78 is 42.4. The quantitative estimate of drug-likeness (QED) is 0.593. The SMILES string of the molecule is CCOc1c(SC(F)(F)F)cccc1C(=O)CC. The first-order valence-corrected chi connectivity index (χ1v) is 6.25. The van der Waals surface area contributed by atoms with Crippen molar-refractivity contribution in [1.82, 2.24) is 0 Å². The molecule has 0 aliphatic rings. The van der Waals surface area contributed by atoms with Gasteiger partial charge < -0.3 is 4.74 Å². The van der Waals surface area contributed by atoms with Gasteiger partial charge in [-0.25, -0.2) is 0 Å². The summed E-state index contributed by atoms with van der Waals surface area (Å²) in [5, 5.41) is 0. The summed E-state index contributed by atoms with van der Waals surface area (Å²) in [5.74, 6) is -0.211. The number of alkyl halides is 3. The van der Waals surface area contributed by atoms with Gasteiger partial charge >= 0.3 is 5.51 Å². The number of rotatable bonds is 5. The summed E-state index contributed by atoms with van der Waals surface area (Å²) in [4.78, 5) is 11.6. The van der Waals surface area contributed by atoms with Crippen molar-refractivity contribution in [3.8, 4) is 5.75 Å². The molecule has 0 heterocycles. The standard InChI is InChI=1S/C12H13F3O2S/c1-3-9(16)8-6-5-7-10(11(8)17-4-2)18-12(13,14)15/h5-7H,3-4H2,1-2H3. The van der Waals surface area contributed by atoms with Crippen molar-refractivity contribution in [2.24, 2.45) is 0 Å². The fraction of sp³-hybridized carbons (Fsp3) is 0.417. The van der Waals surface area contributed by atoms with E-state index >= 15 is 0 Å². The molecule has 0 bridgehead atoms. The van der Waals surface area contributed by atoms with Crippen LogP contribution in [0.4, 0.5) is 13.2 Å². The number of thioether (sulfide) groups is 1. The van der Waals surface area contributed by atoms with Crippen LogP contribution in [0.15, 0.2) is 23.1 Å². The van der Waals surface area contributed by atoms with Crippen molar-refractivity contribution in [3.63, 3.8) is 0 Å². The zero-order valence-corrected chi connectivity index (χ0v) is 10.8. The Bertz CT molecular complexity index is 430. The zero-order chi connectivity index (χ0) is 13.8. The lowest BCUT2D eigenvalue weighted by molar-refractivity contribution is -0.0329. The lowest BCUT2D eigenvalue weighted by Gasteiger charge is -2.14. The lowest BCUT2D eigenvalue weighted by Crippen LogP contribution is -2.06. The van der Waals surface area contributed by atoms with Gasteiger partial charge in [-0.2, -0.15) is 13.2 Å². The molecule has 0 N–H and O–H groups in total. The van der Waals surface area contributed by atoms with E-state index in [0.29, 0.717) is 0 Å². The Kier molecular flexibility index (Phi) is 5.07. The van der Waals surface area contributed by atoms with Crippen molar-refractivity contribution in [2.75, 3.05) is 6.61 Å². The molecule has 0 aliphatic carbocycles. The molecule has 0 aliphatic heterocycles. The number of ether oxygens (including phenoxy) is 1. The molecule has 1 aromatic rings. The second-order valence-corrected chi connectivity index (χ2v) is 4.50. The van der Waals surface area contributed by atoms with E-state index in [9.17, 15) is 18.0 Å². The van der Waals surface area contributed by atoms with E-state index < -0.39 is 5.51 Å². The molecule has 0 saturated heterocycles. The zero-order valence-electron chi connectivity index (χ0n) is 10.0. The maximum absolute atomic E-state index is 12.4. The van der Waals surface area contributed by atoms with Gasteiger partial charge in [0.1, 0.15) is 5.75 Å². The van der Waals surface area contributed by atoms with Crippen molar-refractivity contribution in [3.05, 3.63) is 23.8 Å². The molecule has 0 fully saturated rings. The predicted molar refractivity (Wildman–Crippen MR) is 64.1 cm³/mol. The van der Waals surface area contributed by atoms with E-state index in [0.717, 1.165) is 0 Å². The van der Waals surface area contributed by atoms with E-state index in [1.807, 2.05) is 0 Å². The molecule has 0 aromatic heterocycles. The van der Waals surface area contributed by atoms with Gasteiger partial charge in [-0.15, -0.1) is 0 Å². The van der Waals surface area contributed by atoms with Crippen LogP contribution >= 0.6 is 11.8 Å². The minimum atomic E-state index is -4.40. The number of para-hydroxylation sites is 1. The van der Waals surface area contributed by atoms with Gasteiger partial charge in [-0.05, 0) is 30.8 Å². The largest absolute Gasteiger partial charge is 0.492 e. The first kappa shape index (κ1) is 14.9. The van der Waals surface area contributed by atoms with Crippen LogP contribution < -0.4 is 4.74 Å². The first-order valence-electron chi connectivity index (χ1n) is 5.43. The van der Waals surface area contributed by atoms with Gasteiger partial charge in [0.05, 0.1) is 17.1 Å². The third-order valence-electron chi connectivity index (χ3n) is 2.11. The number of carbonyl (C=O) groups excluding carboxylic acids is 1. The number of Topliss-reactive ketones (excluding diaryl/α,β-unsaturated/α-hetero) is 1. The molecule has 0 radical (unpaired) electrons. The highest BCUT2D eigenvalue weighted by molar-refractivity contribution is 8.00. The molecule has 0 spiro atoms. The van der Waals surface area contributed by atoms with Crippen LogP contribution in [0.1, 0.15) is 30.6 Å². The summed E-state index contributed by atoms with van der Waals surface area (Å²) in [5.41, 5.74) is -4.20. The Morgan fingerprint density at radius 1 is 1.33 bits per heavy atom. The Balaban J connectivity index is 3.21. The molecule has 1 aromatic carbocycles. The van der Waals surface area contributed by atoms with E-state index in [1.165, 1.54) is 18.2 Å². The maximum Gasteiger partial charge on any atom is 0.446 e. The molecule has 2 nitrogen and oxygen atoms in total. The number of carbonyl (C=O) groups is 1. The van der Waals surface area contributed by atoms with E-state index in [4.69, 9.17) is 4.74 Å². The Morgan fingerprint density at radius 2 is 2.00 bits per heavy atom. The molecule has 0 atom stereocenters. The predicted octanol–water partition coefficient (Wildman–Crippen LogP) is 4.29. The summed E-state index contributed by atoms with van der Waals surface area (Å²) in [6, 6.07) is 4.21. The first-order chi connectivity index (χ1) is 8.39. The van der Waals surface area contributed by atoms with Crippen LogP contribution in [0.3, 0.4) is 0 Å². The van der Waals surface area contributed by atoms with Crippen molar-refractivity contribution >= 4 is 17.5 Å². The second-order valence-electron chi connectivity index (χ2n) is 3.39. The molecule has 100 valence electrons. The number of hydrogen-bond acceptors (Lipinski definition) is 3. The molecule has 18 heavy (non-hydrogen) atoms. The van der Waals surface area contributed by atoms with Crippen LogP contribution in [-0.2, 0) is 0 Å². The van der Waals surface area contributed by atoms with Crippen LogP contribution in [-0.4, -0.2) is 17.9 Å². The van der Waals surface area contributed by atoms with Gasteiger partial charge in [0.25, 0.3) is 0 Å². The summed E-state index contributed by atoms with van der Waals surface area (Å²) in [6.45, 7) is 3.52.